The van der Waals surface area contributed by atoms with E-state index in [1.165, 1.54) is 0 Å². The molecule has 0 spiro atoms. The molecule has 12 heteroatoms. The largest absolute Gasteiger partial charge is 2.00 e. The van der Waals surface area contributed by atoms with Crippen LogP contribution >= 0.6 is 16.4 Å². The van der Waals surface area contributed by atoms with Crippen LogP contribution in [0.4, 0.5) is 0 Å². The summed E-state index contributed by atoms with van der Waals surface area (Å²) in [6.45, 7) is 0. The second-order valence-electron chi connectivity index (χ2n) is 0.751. The minimum absolute atomic E-state index is 0. The van der Waals surface area contributed by atoms with Crippen LogP contribution < -0.4 is 9.79 Å². The Hall–Kier alpha value is 0.963. The molecule has 0 fully saturated rings. The average Bonchev–Trinajstić information content (AvgIpc) is 1.19. The molecule has 0 aliphatic rings. The van der Waals surface area contributed by atoms with Crippen molar-refractivity contribution >= 4 is 16.4 Å². The summed E-state index contributed by atoms with van der Waals surface area (Å²) in [6, 6.07) is 0. The Morgan fingerprint density at radius 3 is 1.08 bits per heavy atom. The van der Waals surface area contributed by atoms with E-state index >= 15 is 0 Å². The molecule has 0 aromatic carbocycles. The van der Waals surface area contributed by atoms with Crippen molar-refractivity contribution in [1.29, 1.82) is 0 Å². The maximum absolute atomic E-state index is 8.88. The Morgan fingerprint density at radius 2 is 1.08 bits per heavy atom. The van der Waals surface area contributed by atoms with Gasteiger partial charge in [-0.25, -0.2) is 4.57 Å². The summed E-state index contributed by atoms with van der Waals surface area (Å²) in [5.74, 6) is 0. The van der Waals surface area contributed by atoms with Gasteiger partial charge in [-0.15, -0.1) is 0 Å². The molecule has 0 rings (SSSR count). The summed E-state index contributed by atoms with van der Waals surface area (Å²) < 4.78 is 8.88. The Labute approximate surface area is 81.3 Å². The molecule has 0 unspecified atom stereocenters. The summed E-state index contributed by atoms with van der Waals surface area (Å²) in [7, 11) is -7.76. The van der Waals surface area contributed by atoms with Gasteiger partial charge in [0.25, 0.3) is 0 Å². The molecule has 0 atom stereocenters. The van der Waals surface area contributed by atoms with Gasteiger partial charge in [-0.3, -0.25) is 0 Å². The van der Waals surface area contributed by atoms with Gasteiger partial charge in [-0.1, -0.05) is 0 Å². The zero-order valence-electron chi connectivity index (χ0n) is 5.62. The first-order valence-electron chi connectivity index (χ1n) is 1.35. The van der Waals surface area contributed by atoms with Gasteiger partial charge in [-0.2, -0.15) is 8.60 Å². The van der Waals surface area contributed by atoms with E-state index in [-0.39, 0.29) is 30.4 Å². The first kappa shape index (κ1) is 29.3. The quantitative estimate of drug-likeness (QED) is 0.251. The maximum atomic E-state index is 8.88. The fraction of sp³-hybridized carbons (Fsp3) is 0. The van der Waals surface area contributed by atoms with Crippen LogP contribution in [0.1, 0.15) is 0 Å². The Bertz CT molecular complexity index is 83.7. The molecule has 0 aromatic rings. The fourth-order valence-electron chi connectivity index (χ4n) is 0. The molecule has 0 heterocycles. The Balaban J connectivity index is -0.0000000221. The second kappa shape index (κ2) is 14.5. The molecule has 12 heavy (non-hydrogen) atoms. The van der Waals surface area contributed by atoms with Crippen molar-refractivity contribution in [1.82, 2.24) is 0 Å². The molecule has 0 amide bonds. The topological polar surface area (TPSA) is 207 Å². The summed E-state index contributed by atoms with van der Waals surface area (Å²) >= 11 is 0. The van der Waals surface area contributed by atoms with E-state index in [4.69, 9.17) is 33.9 Å². The molecular weight excluding hydrogens is 271 g/mol. The third-order valence-corrected chi connectivity index (χ3v) is 0. The molecule has 74 valence electrons. The third kappa shape index (κ3) is 1170. The first-order chi connectivity index (χ1) is 3.73. The average molecular weight is 279 g/mol. The molecule has 8 N–H and O–H groups in total. The second-order valence-corrected chi connectivity index (χ2v) is 2.25. The monoisotopic (exact) mass is 278 g/mol. The van der Waals surface area contributed by atoms with E-state index in [9.17, 15) is 0 Å². The van der Waals surface area contributed by atoms with Crippen molar-refractivity contribution in [2.45, 2.75) is 0 Å². The van der Waals surface area contributed by atoms with Crippen molar-refractivity contribution in [3.63, 3.8) is 0 Å². The summed E-state index contributed by atoms with van der Waals surface area (Å²) in [5, 5.41) is 0. The number of rotatable bonds is 0. The van der Waals surface area contributed by atoms with Crippen LogP contribution in [0.5, 0.6) is 0 Å². The normalized spacial score (nSPS) is 7.92. The Morgan fingerprint density at radius 1 is 1.08 bits per heavy atom. The zero-order chi connectivity index (χ0) is 8.08. The maximum Gasteiger partial charge on any atom is 2.00 e. The molecule has 0 aromatic heterocycles. The van der Waals surface area contributed by atoms with Crippen LogP contribution in [0, 0.1) is 0 Å². The standard InChI is InChI=1S/H3O4P.HO3P.2H2O.Zn/c1-5(2,3)4;1-4(2)3;;;/h(H3,1,2,3,4);1H;2*1H2;/q;-2;;;+2. The predicted octanol–water partition coefficient (Wildman–Crippen LogP) is -4.65. The van der Waals surface area contributed by atoms with E-state index in [0.29, 0.717) is 0 Å². The first-order valence-corrected chi connectivity index (χ1v) is 4.04. The van der Waals surface area contributed by atoms with Crippen LogP contribution in [0.2, 0.25) is 0 Å². The van der Waals surface area contributed by atoms with Crippen LogP contribution in [0.3, 0.4) is 0 Å². The van der Waals surface area contributed by atoms with Crippen molar-refractivity contribution in [3.8, 4) is 0 Å². The smallest absolute Gasteiger partial charge is 0.820 e. The molecule has 0 aliphatic heterocycles. The van der Waals surface area contributed by atoms with Crippen molar-refractivity contribution in [2.75, 3.05) is 0 Å². The van der Waals surface area contributed by atoms with E-state index in [2.05, 4.69) is 0 Å². The number of phosphoric acid groups is 1. The van der Waals surface area contributed by atoms with E-state index in [0.717, 1.165) is 0 Å². The minimum Gasteiger partial charge on any atom is -0.820 e. The van der Waals surface area contributed by atoms with Gasteiger partial charge in [0.2, 0.25) is 0 Å². The van der Waals surface area contributed by atoms with Crippen LogP contribution in [0.15, 0.2) is 0 Å². The van der Waals surface area contributed by atoms with Crippen molar-refractivity contribution in [3.05, 3.63) is 0 Å². The van der Waals surface area contributed by atoms with Gasteiger partial charge < -0.3 is 40.3 Å². The number of hydrogen-bond acceptors (Lipinski definition) is 4. The van der Waals surface area contributed by atoms with E-state index in [1.54, 1.807) is 0 Å². The van der Waals surface area contributed by atoms with Crippen LogP contribution in [0.25, 0.3) is 0 Å². The molecule has 0 radical (unpaired) electrons. The van der Waals surface area contributed by atoms with Gasteiger partial charge in [0.05, 0.1) is 0 Å². The summed E-state index contributed by atoms with van der Waals surface area (Å²) in [4.78, 5) is 45.8. The van der Waals surface area contributed by atoms with Gasteiger partial charge in [0, 0.05) is 0 Å². The predicted molar refractivity (Wildman–Crippen MR) is 30.6 cm³/mol. The van der Waals surface area contributed by atoms with Gasteiger partial charge in [-0.05, 0) is 0 Å². The SMILES string of the molecule is O.O.O=P(O)(O)O.[O-]P([O-])O.[Zn+2]. The minimum atomic E-state index is -4.64. The van der Waals surface area contributed by atoms with Gasteiger partial charge in [0.15, 0.2) is 0 Å². The summed E-state index contributed by atoms with van der Waals surface area (Å²) in [6.07, 6.45) is 0. The molecule has 0 bridgehead atoms. The molecule has 0 saturated heterocycles. The number of hydrogen-bond donors (Lipinski definition) is 4. The van der Waals surface area contributed by atoms with Gasteiger partial charge >= 0.3 is 27.3 Å². The van der Waals surface area contributed by atoms with Crippen molar-refractivity contribution in [2.24, 2.45) is 0 Å². The molecule has 0 aliphatic carbocycles. The van der Waals surface area contributed by atoms with E-state index in [1.807, 2.05) is 0 Å². The molecule has 9 nitrogen and oxygen atoms in total. The third-order valence-electron chi connectivity index (χ3n) is 0. The van der Waals surface area contributed by atoms with Crippen molar-refractivity contribution < 1.29 is 64.4 Å². The Kier molecular flexibility index (Phi) is 35.3. The van der Waals surface area contributed by atoms with Crippen LogP contribution in [-0.2, 0) is 24.0 Å². The fourth-order valence-corrected chi connectivity index (χ4v) is 0. The molecular formula is H8O9P2Zn. The van der Waals surface area contributed by atoms with E-state index < -0.39 is 16.4 Å². The van der Waals surface area contributed by atoms with Gasteiger partial charge in [0.1, 0.15) is 0 Å². The summed E-state index contributed by atoms with van der Waals surface area (Å²) in [5.41, 5.74) is 0. The zero-order valence-corrected chi connectivity index (χ0v) is 10.4. The van der Waals surface area contributed by atoms with Crippen LogP contribution in [-0.4, -0.2) is 30.5 Å². The molecule has 0 saturated carbocycles.